The Bertz CT molecular complexity index is 908. The van der Waals surface area contributed by atoms with Crippen molar-refractivity contribution in [2.45, 2.75) is 6.42 Å². The molecule has 0 aromatic heterocycles. The molecule has 0 saturated carbocycles. The van der Waals surface area contributed by atoms with Crippen LogP contribution in [0.3, 0.4) is 0 Å². The van der Waals surface area contributed by atoms with E-state index in [1.807, 2.05) is 24.3 Å². The number of nitro groups is 1. The van der Waals surface area contributed by atoms with Gasteiger partial charge in [0, 0.05) is 18.7 Å². The molecular weight excluding hydrogens is 384 g/mol. The molecule has 2 aromatic rings. The summed E-state index contributed by atoms with van der Waals surface area (Å²) >= 11 is 6.58. The number of hydrogen-bond donors (Lipinski definition) is 0. The standard InChI is InChI=1S/C19H16N2O4S2/c1-25-16-8-4-13(5-9-16)10-11-20-18(22)17(27-19(20)26)12-14-2-6-15(7-3-14)21(23)24/h2-9,12H,10-11H2,1H3. The predicted octanol–water partition coefficient (Wildman–Crippen LogP) is 4.05. The zero-order valence-corrected chi connectivity index (χ0v) is 16.1. The Labute approximate surface area is 166 Å². The van der Waals surface area contributed by atoms with Crippen molar-refractivity contribution in [2.75, 3.05) is 13.7 Å². The van der Waals surface area contributed by atoms with E-state index < -0.39 is 4.92 Å². The fraction of sp³-hybridized carbons (Fsp3) is 0.158. The number of benzene rings is 2. The molecule has 1 aliphatic rings. The van der Waals surface area contributed by atoms with Crippen LogP contribution in [0.1, 0.15) is 11.1 Å². The van der Waals surface area contributed by atoms with Crippen LogP contribution in [0.15, 0.2) is 53.4 Å². The maximum Gasteiger partial charge on any atom is 0.269 e. The number of nitro benzene ring substituents is 1. The Morgan fingerprint density at radius 1 is 1.19 bits per heavy atom. The number of carbonyl (C=O) groups is 1. The fourth-order valence-electron chi connectivity index (χ4n) is 2.57. The van der Waals surface area contributed by atoms with Crippen molar-refractivity contribution in [3.8, 4) is 5.75 Å². The normalized spacial score (nSPS) is 15.4. The first kappa shape index (κ1) is 19.1. The average Bonchev–Trinajstić information content (AvgIpc) is 2.94. The van der Waals surface area contributed by atoms with Gasteiger partial charge < -0.3 is 4.74 Å². The average molecular weight is 400 g/mol. The van der Waals surface area contributed by atoms with Crippen molar-refractivity contribution in [2.24, 2.45) is 0 Å². The predicted molar refractivity (Wildman–Crippen MR) is 110 cm³/mol. The van der Waals surface area contributed by atoms with Crippen molar-refractivity contribution in [3.63, 3.8) is 0 Å². The Morgan fingerprint density at radius 2 is 1.85 bits per heavy atom. The van der Waals surface area contributed by atoms with Crippen LogP contribution in [0.25, 0.3) is 6.08 Å². The summed E-state index contributed by atoms with van der Waals surface area (Å²) in [6.07, 6.45) is 2.39. The molecule has 6 nitrogen and oxygen atoms in total. The molecule has 138 valence electrons. The molecular formula is C19H16N2O4S2. The third-order valence-corrected chi connectivity index (χ3v) is 5.44. The lowest BCUT2D eigenvalue weighted by Gasteiger charge is -2.14. The number of non-ortho nitro benzene ring substituents is 1. The summed E-state index contributed by atoms with van der Waals surface area (Å²) in [5.41, 5.74) is 1.82. The lowest BCUT2D eigenvalue weighted by Crippen LogP contribution is -2.30. The van der Waals surface area contributed by atoms with E-state index in [2.05, 4.69) is 0 Å². The van der Waals surface area contributed by atoms with Crippen LogP contribution in [-0.2, 0) is 11.2 Å². The SMILES string of the molecule is COc1ccc(CCN2C(=O)C(=Cc3ccc([N+](=O)[O-])cc3)SC2=S)cc1. The quantitative estimate of drug-likeness (QED) is 0.315. The molecule has 0 unspecified atom stereocenters. The molecule has 1 saturated heterocycles. The molecule has 1 fully saturated rings. The molecule has 0 radical (unpaired) electrons. The lowest BCUT2D eigenvalue weighted by atomic mass is 10.1. The minimum atomic E-state index is -0.456. The van der Waals surface area contributed by atoms with Crippen LogP contribution in [0.5, 0.6) is 5.75 Å². The van der Waals surface area contributed by atoms with E-state index in [-0.39, 0.29) is 11.6 Å². The smallest absolute Gasteiger partial charge is 0.269 e. The summed E-state index contributed by atoms with van der Waals surface area (Å²) in [6.45, 7) is 0.495. The number of nitrogens with zero attached hydrogens (tertiary/aromatic N) is 2. The van der Waals surface area contributed by atoms with Gasteiger partial charge in [0.2, 0.25) is 0 Å². The van der Waals surface area contributed by atoms with E-state index >= 15 is 0 Å². The van der Waals surface area contributed by atoms with Gasteiger partial charge in [-0.2, -0.15) is 0 Å². The van der Waals surface area contributed by atoms with E-state index in [1.54, 1.807) is 30.2 Å². The molecule has 0 aliphatic carbocycles. The van der Waals surface area contributed by atoms with Gasteiger partial charge in [0.15, 0.2) is 0 Å². The van der Waals surface area contributed by atoms with Crippen molar-refractivity contribution in [1.82, 2.24) is 4.90 Å². The van der Waals surface area contributed by atoms with E-state index in [1.165, 1.54) is 23.9 Å². The van der Waals surface area contributed by atoms with Gasteiger partial charge in [0.25, 0.3) is 11.6 Å². The first-order valence-corrected chi connectivity index (χ1v) is 9.33. The first-order chi connectivity index (χ1) is 13.0. The van der Waals surface area contributed by atoms with E-state index in [4.69, 9.17) is 17.0 Å². The Balaban J connectivity index is 1.67. The van der Waals surface area contributed by atoms with Crippen molar-refractivity contribution >= 4 is 46.0 Å². The molecule has 2 aromatic carbocycles. The molecule has 0 bridgehead atoms. The highest BCUT2D eigenvalue weighted by atomic mass is 32.2. The Hall–Kier alpha value is -2.71. The number of hydrogen-bond acceptors (Lipinski definition) is 6. The third kappa shape index (κ3) is 4.53. The van der Waals surface area contributed by atoms with E-state index in [0.717, 1.165) is 16.9 Å². The summed E-state index contributed by atoms with van der Waals surface area (Å²) in [5.74, 6) is 0.646. The number of ether oxygens (including phenoxy) is 1. The fourth-order valence-corrected chi connectivity index (χ4v) is 3.88. The van der Waals surface area contributed by atoms with Crippen LogP contribution >= 0.6 is 24.0 Å². The molecule has 3 rings (SSSR count). The summed E-state index contributed by atoms with van der Waals surface area (Å²) < 4.78 is 5.65. The zero-order chi connectivity index (χ0) is 19.4. The number of thioether (sulfide) groups is 1. The molecule has 8 heteroatoms. The minimum absolute atomic E-state index is 0.0131. The number of amides is 1. The Morgan fingerprint density at radius 3 is 2.44 bits per heavy atom. The largest absolute Gasteiger partial charge is 0.497 e. The molecule has 1 heterocycles. The molecule has 0 spiro atoms. The summed E-state index contributed by atoms with van der Waals surface area (Å²) in [4.78, 5) is 25.0. The van der Waals surface area contributed by atoms with E-state index in [0.29, 0.717) is 22.2 Å². The number of rotatable bonds is 6. The maximum atomic E-state index is 12.6. The summed E-state index contributed by atoms with van der Waals surface area (Å²) in [5, 5.41) is 10.7. The minimum Gasteiger partial charge on any atom is -0.497 e. The van der Waals surface area contributed by atoms with Crippen molar-refractivity contribution < 1.29 is 14.5 Å². The van der Waals surface area contributed by atoms with Crippen molar-refractivity contribution in [3.05, 3.63) is 74.7 Å². The van der Waals surface area contributed by atoms with E-state index in [9.17, 15) is 14.9 Å². The first-order valence-electron chi connectivity index (χ1n) is 8.10. The second-order valence-corrected chi connectivity index (χ2v) is 7.46. The number of methoxy groups -OCH3 is 1. The molecule has 0 atom stereocenters. The van der Waals surface area contributed by atoms with Gasteiger partial charge >= 0.3 is 0 Å². The molecule has 27 heavy (non-hydrogen) atoms. The third-order valence-electron chi connectivity index (χ3n) is 4.06. The second kappa shape index (κ2) is 8.32. The highest BCUT2D eigenvalue weighted by Gasteiger charge is 2.31. The van der Waals surface area contributed by atoms with Crippen LogP contribution < -0.4 is 4.74 Å². The highest BCUT2D eigenvalue weighted by Crippen LogP contribution is 2.33. The topological polar surface area (TPSA) is 72.7 Å². The van der Waals surface area contributed by atoms with Gasteiger partial charge in [-0.1, -0.05) is 36.1 Å². The van der Waals surface area contributed by atoms with Crippen LogP contribution in [0.4, 0.5) is 5.69 Å². The lowest BCUT2D eigenvalue weighted by molar-refractivity contribution is -0.384. The van der Waals surface area contributed by atoms with Crippen molar-refractivity contribution in [1.29, 1.82) is 0 Å². The van der Waals surface area contributed by atoms with Crippen LogP contribution in [0.2, 0.25) is 0 Å². The van der Waals surface area contributed by atoms with Gasteiger partial charge in [-0.3, -0.25) is 19.8 Å². The van der Waals surface area contributed by atoms with Gasteiger partial charge in [-0.05, 0) is 47.9 Å². The summed E-state index contributed by atoms with van der Waals surface area (Å²) in [6, 6.07) is 13.7. The van der Waals surface area contributed by atoms with Gasteiger partial charge in [0.1, 0.15) is 10.1 Å². The highest BCUT2D eigenvalue weighted by molar-refractivity contribution is 8.26. The Kier molecular flexibility index (Phi) is 5.88. The number of thiocarbonyl (C=S) groups is 1. The molecule has 1 aliphatic heterocycles. The zero-order valence-electron chi connectivity index (χ0n) is 14.5. The second-order valence-electron chi connectivity index (χ2n) is 5.78. The van der Waals surface area contributed by atoms with Gasteiger partial charge in [-0.25, -0.2) is 0 Å². The molecule has 0 N–H and O–H groups in total. The maximum absolute atomic E-state index is 12.6. The summed E-state index contributed by atoms with van der Waals surface area (Å²) in [7, 11) is 1.62. The molecule has 1 amide bonds. The monoisotopic (exact) mass is 400 g/mol. The van der Waals surface area contributed by atoms with Gasteiger partial charge in [0.05, 0.1) is 16.9 Å². The number of carbonyl (C=O) groups excluding carboxylic acids is 1. The van der Waals surface area contributed by atoms with Crippen LogP contribution in [0, 0.1) is 10.1 Å². The van der Waals surface area contributed by atoms with Crippen LogP contribution in [-0.4, -0.2) is 33.7 Å². The van der Waals surface area contributed by atoms with Gasteiger partial charge in [-0.15, -0.1) is 0 Å².